The van der Waals surface area contributed by atoms with Gasteiger partial charge in [0.1, 0.15) is 11.3 Å². The van der Waals surface area contributed by atoms with Crippen molar-refractivity contribution in [3.05, 3.63) is 22.7 Å². The van der Waals surface area contributed by atoms with Gasteiger partial charge in [-0.2, -0.15) is 0 Å². The van der Waals surface area contributed by atoms with Crippen LogP contribution in [-0.4, -0.2) is 25.3 Å². The van der Waals surface area contributed by atoms with Gasteiger partial charge in [-0.1, -0.05) is 25.4 Å². The van der Waals surface area contributed by atoms with Crippen molar-refractivity contribution in [2.24, 2.45) is 5.92 Å². The molecule has 1 aromatic carbocycles. The molecule has 0 saturated carbocycles. The van der Waals surface area contributed by atoms with Gasteiger partial charge in [-0.25, -0.2) is 9.59 Å². The van der Waals surface area contributed by atoms with Crippen LogP contribution in [0.3, 0.4) is 0 Å². The van der Waals surface area contributed by atoms with Gasteiger partial charge in [-0.15, -0.1) is 0 Å². The molecule has 0 aromatic heterocycles. The van der Waals surface area contributed by atoms with Crippen LogP contribution in [-0.2, 0) is 9.47 Å². The minimum atomic E-state index is -1.07. The van der Waals surface area contributed by atoms with Crippen LogP contribution in [0, 0.1) is 5.92 Å². The van der Waals surface area contributed by atoms with E-state index >= 15 is 0 Å². The van der Waals surface area contributed by atoms with Gasteiger partial charge in [0.05, 0.1) is 23.9 Å². The van der Waals surface area contributed by atoms with Crippen molar-refractivity contribution >= 4 is 29.4 Å². The predicted octanol–water partition coefficient (Wildman–Crippen LogP) is 3.27. The molecular weight excluding hydrogens is 298 g/mol. The lowest BCUT2D eigenvalue weighted by Crippen LogP contribution is -2.17. The van der Waals surface area contributed by atoms with E-state index in [9.17, 15) is 9.59 Å². The quantitative estimate of drug-likeness (QED) is 0.509. The molecule has 0 fully saturated rings. The summed E-state index contributed by atoms with van der Waals surface area (Å²) >= 11 is 5.86. The summed E-state index contributed by atoms with van der Waals surface area (Å²) in [6, 6.07) is 2.70. The SMILES string of the molecule is CCOc1cc(N)c(Cl)cc1C(=O)OC(=O)OCC(C)C. The zero-order valence-electron chi connectivity index (χ0n) is 12.1. The van der Waals surface area contributed by atoms with Crippen LogP contribution in [0.2, 0.25) is 5.02 Å². The summed E-state index contributed by atoms with van der Waals surface area (Å²) < 4.78 is 14.6. The second-order valence-electron chi connectivity index (χ2n) is 4.65. The van der Waals surface area contributed by atoms with Crippen molar-refractivity contribution in [1.29, 1.82) is 0 Å². The van der Waals surface area contributed by atoms with Crippen LogP contribution >= 0.6 is 11.6 Å². The summed E-state index contributed by atoms with van der Waals surface area (Å²) in [5, 5.41) is 0.168. The maximum Gasteiger partial charge on any atom is 0.516 e. The fourth-order valence-corrected chi connectivity index (χ4v) is 1.56. The maximum atomic E-state index is 12.0. The van der Waals surface area contributed by atoms with Gasteiger partial charge in [-0.3, -0.25) is 0 Å². The number of nitrogen functional groups attached to an aromatic ring is 1. The Labute approximate surface area is 128 Å². The lowest BCUT2D eigenvalue weighted by molar-refractivity contribution is 0.0348. The molecule has 0 saturated heterocycles. The van der Waals surface area contributed by atoms with Gasteiger partial charge in [-0.05, 0) is 18.9 Å². The topological polar surface area (TPSA) is 87.9 Å². The van der Waals surface area contributed by atoms with E-state index in [2.05, 4.69) is 4.74 Å². The summed E-state index contributed by atoms with van der Waals surface area (Å²) in [5.41, 5.74) is 5.92. The molecule has 0 amide bonds. The molecule has 0 heterocycles. The lowest BCUT2D eigenvalue weighted by atomic mass is 10.2. The Hall–Kier alpha value is -1.95. The van der Waals surface area contributed by atoms with Crippen LogP contribution in [0.15, 0.2) is 12.1 Å². The summed E-state index contributed by atoms with van der Waals surface area (Å²) in [4.78, 5) is 23.3. The first-order valence-corrected chi connectivity index (χ1v) is 6.83. The van der Waals surface area contributed by atoms with Crippen LogP contribution in [0.5, 0.6) is 5.75 Å². The summed E-state index contributed by atoms with van der Waals surface area (Å²) in [6.45, 7) is 5.95. The normalized spacial score (nSPS) is 10.3. The number of benzene rings is 1. The Bertz CT molecular complexity index is 530. The van der Waals surface area contributed by atoms with Crippen LogP contribution < -0.4 is 10.5 Å². The van der Waals surface area contributed by atoms with E-state index in [1.54, 1.807) is 6.92 Å². The number of rotatable bonds is 5. The number of anilines is 1. The van der Waals surface area contributed by atoms with Crippen molar-refractivity contribution in [3.8, 4) is 5.75 Å². The number of esters is 1. The highest BCUT2D eigenvalue weighted by atomic mass is 35.5. The molecule has 2 N–H and O–H groups in total. The Kier molecular flexibility index (Phi) is 6.30. The number of halogens is 1. The minimum absolute atomic E-state index is 0.0116. The van der Waals surface area contributed by atoms with E-state index in [4.69, 9.17) is 26.8 Å². The highest BCUT2D eigenvalue weighted by Gasteiger charge is 2.20. The highest BCUT2D eigenvalue weighted by molar-refractivity contribution is 6.33. The molecule has 1 aromatic rings. The fraction of sp³-hybridized carbons (Fsp3) is 0.429. The molecule has 0 aliphatic heterocycles. The summed E-state index contributed by atoms with van der Waals surface area (Å²) in [7, 11) is 0. The van der Waals surface area contributed by atoms with Crippen molar-refractivity contribution in [2.45, 2.75) is 20.8 Å². The van der Waals surface area contributed by atoms with Crippen LogP contribution in [0.25, 0.3) is 0 Å². The third-order valence-corrected chi connectivity index (χ3v) is 2.66. The molecule has 116 valence electrons. The second kappa shape index (κ2) is 7.73. The molecule has 21 heavy (non-hydrogen) atoms. The van der Waals surface area contributed by atoms with Crippen molar-refractivity contribution < 1.29 is 23.8 Å². The Morgan fingerprint density at radius 3 is 2.57 bits per heavy atom. The van der Waals surface area contributed by atoms with Crippen molar-refractivity contribution in [2.75, 3.05) is 18.9 Å². The first-order chi connectivity index (χ1) is 9.85. The Balaban J connectivity index is 2.86. The van der Waals surface area contributed by atoms with Crippen LogP contribution in [0.1, 0.15) is 31.1 Å². The Morgan fingerprint density at radius 1 is 1.33 bits per heavy atom. The van der Waals surface area contributed by atoms with E-state index in [0.29, 0.717) is 6.61 Å². The van der Waals surface area contributed by atoms with Gasteiger partial charge in [0, 0.05) is 6.07 Å². The molecule has 0 bridgehead atoms. The molecule has 0 atom stereocenters. The molecule has 7 heteroatoms. The van der Waals surface area contributed by atoms with Gasteiger partial charge in [0.15, 0.2) is 0 Å². The Morgan fingerprint density at radius 2 is 2.00 bits per heavy atom. The average molecular weight is 316 g/mol. The number of carbonyl (C=O) groups is 2. The van der Waals surface area contributed by atoms with E-state index in [0.717, 1.165) is 0 Å². The van der Waals surface area contributed by atoms with E-state index in [-0.39, 0.29) is 34.5 Å². The average Bonchev–Trinajstić information content (AvgIpc) is 2.40. The number of ether oxygens (including phenoxy) is 3. The molecule has 0 aliphatic carbocycles. The van der Waals surface area contributed by atoms with Gasteiger partial charge >= 0.3 is 12.1 Å². The third kappa shape index (κ3) is 5.15. The molecule has 1 rings (SSSR count). The highest BCUT2D eigenvalue weighted by Crippen LogP contribution is 2.29. The smallest absolute Gasteiger partial charge is 0.493 e. The maximum absolute atomic E-state index is 12.0. The van der Waals surface area contributed by atoms with E-state index < -0.39 is 12.1 Å². The lowest BCUT2D eigenvalue weighted by Gasteiger charge is -2.11. The standard InChI is InChI=1S/C14H18ClNO5/c1-4-19-12-6-11(16)10(15)5-9(12)13(17)21-14(18)20-7-8(2)3/h5-6,8H,4,7,16H2,1-3H3. The molecule has 0 unspecified atom stereocenters. The zero-order valence-corrected chi connectivity index (χ0v) is 12.9. The molecular formula is C14H18ClNO5. The molecule has 0 spiro atoms. The minimum Gasteiger partial charge on any atom is -0.493 e. The number of hydrogen-bond acceptors (Lipinski definition) is 6. The van der Waals surface area contributed by atoms with Crippen molar-refractivity contribution in [1.82, 2.24) is 0 Å². The van der Waals surface area contributed by atoms with Gasteiger partial charge in [0.25, 0.3) is 0 Å². The predicted molar refractivity (Wildman–Crippen MR) is 78.6 cm³/mol. The number of hydrogen-bond donors (Lipinski definition) is 1. The molecule has 0 radical (unpaired) electrons. The first-order valence-electron chi connectivity index (χ1n) is 6.45. The summed E-state index contributed by atoms with van der Waals surface area (Å²) in [6.07, 6.45) is -1.07. The van der Waals surface area contributed by atoms with E-state index in [1.807, 2.05) is 13.8 Å². The first kappa shape index (κ1) is 17.1. The van der Waals surface area contributed by atoms with Crippen LogP contribution in [0.4, 0.5) is 10.5 Å². The summed E-state index contributed by atoms with van der Waals surface area (Å²) in [5.74, 6) is -0.576. The third-order valence-electron chi connectivity index (χ3n) is 2.33. The second-order valence-corrected chi connectivity index (χ2v) is 5.05. The number of carbonyl (C=O) groups excluding carboxylic acids is 2. The fourth-order valence-electron chi connectivity index (χ4n) is 1.40. The monoisotopic (exact) mass is 315 g/mol. The molecule has 0 aliphatic rings. The van der Waals surface area contributed by atoms with E-state index in [1.165, 1.54) is 12.1 Å². The largest absolute Gasteiger partial charge is 0.516 e. The van der Waals surface area contributed by atoms with Gasteiger partial charge < -0.3 is 19.9 Å². The molecule has 6 nitrogen and oxygen atoms in total. The zero-order chi connectivity index (χ0) is 16.0. The number of nitrogens with two attached hydrogens (primary N) is 1. The van der Waals surface area contributed by atoms with Crippen molar-refractivity contribution in [3.63, 3.8) is 0 Å². The van der Waals surface area contributed by atoms with Gasteiger partial charge in [0.2, 0.25) is 0 Å².